The van der Waals surface area contributed by atoms with Crippen LogP contribution in [0.2, 0.25) is 0 Å². The van der Waals surface area contributed by atoms with Gasteiger partial charge in [-0.3, -0.25) is 0 Å². The topological polar surface area (TPSA) is 42.2 Å². The van der Waals surface area contributed by atoms with Crippen LogP contribution >= 0.6 is 15.9 Å². The van der Waals surface area contributed by atoms with Gasteiger partial charge in [0.1, 0.15) is 0 Å². The molecule has 0 amide bonds. The second kappa shape index (κ2) is 4.90. The molecule has 3 nitrogen and oxygen atoms in total. The number of nitrogens with two attached hydrogens (primary N) is 1. The highest BCUT2D eigenvalue weighted by Gasteiger charge is 2.27. The number of hydrogen-bond donors (Lipinski definition) is 1. The second-order valence-corrected chi connectivity index (χ2v) is 4.27. The van der Waals surface area contributed by atoms with Gasteiger partial charge < -0.3 is 10.6 Å². The van der Waals surface area contributed by atoms with Gasteiger partial charge in [0, 0.05) is 24.3 Å². The number of anilines is 2. The first-order chi connectivity index (χ1) is 7.29. The van der Waals surface area contributed by atoms with Gasteiger partial charge in [-0.05, 0) is 22.0 Å². The Morgan fingerprint density at radius 3 is 2.62 bits per heavy atom. The molecule has 0 saturated heterocycles. The minimum absolute atomic E-state index is 0.164. The zero-order chi connectivity index (χ0) is 12.3. The Balaban J connectivity index is 2.70. The van der Waals surface area contributed by atoms with E-state index in [4.69, 9.17) is 5.73 Å². The van der Waals surface area contributed by atoms with E-state index in [0.29, 0.717) is 16.0 Å². The maximum absolute atomic E-state index is 12.0. The van der Waals surface area contributed by atoms with Crippen molar-refractivity contribution in [3.63, 3.8) is 0 Å². The molecule has 0 radical (unpaired) electrons. The van der Waals surface area contributed by atoms with Crippen LogP contribution in [0.25, 0.3) is 0 Å². The third-order valence-corrected chi connectivity index (χ3v) is 2.39. The summed E-state index contributed by atoms with van der Waals surface area (Å²) in [6.45, 7) is -0.164. The molecular formula is C9H11BrF3N3. The van der Waals surface area contributed by atoms with Crippen LogP contribution in [0.5, 0.6) is 0 Å². The first-order valence-corrected chi connectivity index (χ1v) is 5.28. The van der Waals surface area contributed by atoms with Crippen LogP contribution in [0.3, 0.4) is 0 Å². The van der Waals surface area contributed by atoms with Gasteiger partial charge in [0.25, 0.3) is 0 Å². The molecule has 0 aliphatic carbocycles. The molecule has 0 spiro atoms. The summed E-state index contributed by atoms with van der Waals surface area (Å²) in [5.74, 6) is 0.354. The Bertz CT molecular complexity index is 368. The maximum Gasteiger partial charge on any atom is 0.390 e. The molecule has 16 heavy (non-hydrogen) atoms. The van der Waals surface area contributed by atoms with E-state index in [9.17, 15) is 13.2 Å². The molecule has 0 aliphatic heterocycles. The predicted octanol–water partition coefficient (Wildman–Crippen LogP) is 2.81. The highest BCUT2D eigenvalue weighted by Crippen LogP contribution is 2.25. The molecule has 0 unspecified atom stereocenters. The summed E-state index contributed by atoms with van der Waals surface area (Å²) in [6.07, 6.45) is -3.56. The summed E-state index contributed by atoms with van der Waals surface area (Å²) in [5.41, 5.74) is 5.99. The van der Waals surface area contributed by atoms with Crippen molar-refractivity contribution in [3.8, 4) is 0 Å². The smallest absolute Gasteiger partial charge is 0.390 e. The van der Waals surface area contributed by atoms with E-state index in [-0.39, 0.29) is 6.54 Å². The van der Waals surface area contributed by atoms with Gasteiger partial charge in [-0.2, -0.15) is 13.2 Å². The first-order valence-electron chi connectivity index (χ1n) is 4.48. The Morgan fingerprint density at radius 2 is 2.12 bits per heavy atom. The zero-order valence-corrected chi connectivity index (χ0v) is 10.1. The minimum Gasteiger partial charge on any atom is -0.396 e. The fraction of sp³-hybridized carbons (Fsp3) is 0.444. The average Bonchev–Trinajstić information content (AvgIpc) is 2.13. The van der Waals surface area contributed by atoms with Crippen LogP contribution in [0.15, 0.2) is 16.7 Å². The van der Waals surface area contributed by atoms with Gasteiger partial charge in [0.05, 0.1) is 12.1 Å². The number of halogens is 4. The lowest BCUT2D eigenvalue weighted by molar-refractivity contribution is -0.132. The van der Waals surface area contributed by atoms with Crippen LogP contribution in [-0.2, 0) is 0 Å². The van der Waals surface area contributed by atoms with E-state index in [1.165, 1.54) is 18.1 Å². The molecule has 1 rings (SSSR count). The predicted molar refractivity (Wildman–Crippen MR) is 60.3 cm³/mol. The number of nitrogen functional groups attached to an aromatic ring is 1. The normalized spacial score (nSPS) is 11.6. The molecule has 0 aromatic carbocycles. The Labute approximate surface area is 99.6 Å². The second-order valence-electron chi connectivity index (χ2n) is 3.35. The summed E-state index contributed by atoms with van der Waals surface area (Å²) < 4.78 is 36.7. The highest BCUT2D eigenvalue weighted by atomic mass is 79.9. The van der Waals surface area contributed by atoms with Crippen LogP contribution < -0.4 is 10.6 Å². The van der Waals surface area contributed by atoms with E-state index >= 15 is 0 Å². The lowest BCUT2D eigenvalue weighted by Gasteiger charge is -2.20. The summed E-state index contributed by atoms with van der Waals surface area (Å²) in [6, 6.07) is 1.60. The fourth-order valence-corrected chi connectivity index (χ4v) is 1.52. The van der Waals surface area contributed by atoms with Gasteiger partial charge in [-0.15, -0.1) is 0 Å². The van der Waals surface area contributed by atoms with E-state index in [1.54, 1.807) is 6.07 Å². The van der Waals surface area contributed by atoms with Crippen molar-refractivity contribution in [1.82, 2.24) is 4.98 Å². The molecule has 2 N–H and O–H groups in total. The Hall–Kier alpha value is -0.980. The molecule has 0 aliphatic rings. The lowest BCUT2D eigenvalue weighted by atomic mass is 10.3. The molecule has 0 fully saturated rings. The standard InChI is InChI=1S/C9H11BrF3N3/c1-16(3-2-9(11,12)13)8-7(14)4-6(10)5-15-8/h4-5H,2-3,14H2,1H3. The van der Waals surface area contributed by atoms with Gasteiger partial charge >= 0.3 is 6.18 Å². The van der Waals surface area contributed by atoms with E-state index in [1.807, 2.05) is 0 Å². The minimum atomic E-state index is -4.17. The van der Waals surface area contributed by atoms with Crippen molar-refractivity contribution >= 4 is 27.4 Å². The van der Waals surface area contributed by atoms with Crippen molar-refractivity contribution < 1.29 is 13.2 Å². The number of hydrogen-bond acceptors (Lipinski definition) is 3. The fourth-order valence-electron chi connectivity index (χ4n) is 1.17. The van der Waals surface area contributed by atoms with Crippen LogP contribution in [-0.4, -0.2) is 24.8 Å². The quantitative estimate of drug-likeness (QED) is 0.933. The van der Waals surface area contributed by atoms with Crippen molar-refractivity contribution in [1.29, 1.82) is 0 Å². The van der Waals surface area contributed by atoms with Crippen molar-refractivity contribution in [2.24, 2.45) is 0 Å². The summed E-state index contributed by atoms with van der Waals surface area (Å²) in [4.78, 5) is 5.35. The number of aromatic nitrogens is 1. The molecule has 1 heterocycles. The van der Waals surface area contributed by atoms with Crippen molar-refractivity contribution in [2.75, 3.05) is 24.2 Å². The number of pyridine rings is 1. The van der Waals surface area contributed by atoms with Crippen LogP contribution in [0.1, 0.15) is 6.42 Å². The van der Waals surface area contributed by atoms with Crippen molar-refractivity contribution in [2.45, 2.75) is 12.6 Å². The number of rotatable bonds is 3. The molecule has 0 atom stereocenters. The van der Waals surface area contributed by atoms with E-state index in [2.05, 4.69) is 20.9 Å². The molecular weight excluding hydrogens is 287 g/mol. The first kappa shape index (κ1) is 13.1. The number of nitrogens with zero attached hydrogens (tertiary/aromatic N) is 2. The molecule has 0 saturated carbocycles. The molecule has 90 valence electrons. The molecule has 7 heteroatoms. The Morgan fingerprint density at radius 1 is 1.50 bits per heavy atom. The average molecular weight is 298 g/mol. The largest absolute Gasteiger partial charge is 0.396 e. The highest BCUT2D eigenvalue weighted by molar-refractivity contribution is 9.10. The maximum atomic E-state index is 12.0. The summed E-state index contributed by atoms with van der Waals surface area (Å²) >= 11 is 3.18. The van der Waals surface area contributed by atoms with Crippen LogP contribution in [0, 0.1) is 0 Å². The third kappa shape index (κ3) is 3.88. The van der Waals surface area contributed by atoms with Crippen LogP contribution in [0.4, 0.5) is 24.7 Å². The Kier molecular flexibility index (Phi) is 4.01. The zero-order valence-electron chi connectivity index (χ0n) is 8.55. The van der Waals surface area contributed by atoms with Gasteiger partial charge in [0.2, 0.25) is 0 Å². The molecule has 1 aromatic heterocycles. The van der Waals surface area contributed by atoms with Gasteiger partial charge in [0.15, 0.2) is 5.82 Å². The summed E-state index contributed by atoms with van der Waals surface area (Å²) in [5, 5.41) is 0. The third-order valence-electron chi connectivity index (χ3n) is 1.95. The molecule has 0 bridgehead atoms. The monoisotopic (exact) mass is 297 g/mol. The van der Waals surface area contributed by atoms with Gasteiger partial charge in [-0.25, -0.2) is 4.98 Å². The van der Waals surface area contributed by atoms with Gasteiger partial charge in [-0.1, -0.05) is 0 Å². The van der Waals surface area contributed by atoms with E-state index in [0.717, 1.165) is 0 Å². The SMILES string of the molecule is CN(CCC(F)(F)F)c1ncc(Br)cc1N. The van der Waals surface area contributed by atoms with E-state index < -0.39 is 12.6 Å². The number of alkyl halides is 3. The molecule has 1 aromatic rings. The summed E-state index contributed by atoms with van der Waals surface area (Å²) in [7, 11) is 1.53. The lowest BCUT2D eigenvalue weighted by Crippen LogP contribution is -2.25. The van der Waals surface area contributed by atoms with Crippen molar-refractivity contribution in [3.05, 3.63) is 16.7 Å².